The van der Waals surface area contributed by atoms with Crippen LogP contribution in [0.3, 0.4) is 0 Å². The summed E-state index contributed by atoms with van der Waals surface area (Å²) >= 11 is 0. The Balaban J connectivity index is 2.50. The summed E-state index contributed by atoms with van der Waals surface area (Å²) in [5.74, 6) is 0.797. The van der Waals surface area contributed by atoms with Gasteiger partial charge in [-0.2, -0.15) is 0 Å². The van der Waals surface area contributed by atoms with Gasteiger partial charge >= 0.3 is 0 Å². The largest absolute Gasteiger partial charge is 0.508 e. The zero-order chi connectivity index (χ0) is 12.9. The number of hydrogen-bond donors (Lipinski definition) is 3. The molecule has 0 bridgehead atoms. The maximum Gasteiger partial charge on any atom is 0.121 e. The van der Waals surface area contributed by atoms with Crippen molar-refractivity contribution < 1.29 is 10.2 Å². The molecule has 3 heteroatoms. The smallest absolute Gasteiger partial charge is 0.121 e. The van der Waals surface area contributed by atoms with Gasteiger partial charge in [0.2, 0.25) is 0 Å². The van der Waals surface area contributed by atoms with Crippen LogP contribution in [0.5, 0.6) is 11.5 Å². The summed E-state index contributed by atoms with van der Waals surface area (Å²) in [4.78, 5) is 3.32. The van der Waals surface area contributed by atoms with Crippen LogP contribution in [0.2, 0.25) is 0 Å². The summed E-state index contributed by atoms with van der Waals surface area (Å²) < 4.78 is 0. The van der Waals surface area contributed by atoms with E-state index in [9.17, 15) is 10.2 Å². The molecule has 1 aromatic heterocycles. The van der Waals surface area contributed by atoms with E-state index in [1.165, 1.54) is 0 Å². The third kappa shape index (κ3) is 1.44. The number of aromatic nitrogens is 1. The molecule has 0 aliphatic rings. The lowest BCUT2D eigenvalue weighted by Crippen LogP contribution is -1.89. The van der Waals surface area contributed by atoms with Gasteiger partial charge in [0.15, 0.2) is 0 Å². The topological polar surface area (TPSA) is 56.2 Å². The lowest BCUT2D eigenvalue weighted by molar-refractivity contribution is 0.466. The fourth-order valence-corrected chi connectivity index (χ4v) is 2.55. The Morgan fingerprint density at radius 3 is 2.50 bits per heavy atom. The monoisotopic (exact) mass is 241 g/mol. The molecule has 0 unspecified atom stereocenters. The number of fused-ring (bicyclic) bond motifs is 3. The van der Waals surface area contributed by atoms with Gasteiger partial charge in [0.25, 0.3) is 0 Å². The zero-order valence-electron chi connectivity index (χ0n) is 10.4. The second kappa shape index (κ2) is 3.67. The van der Waals surface area contributed by atoms with E-state index < -0.39 is 0 Å². The summed E-state index contributed by atoms with van der Waals surface area (Å²) in [7, 11) is 0. The predicted molar refractivity (Wildman–Crippen MR) is 73.2 cm³/mol. The fourth-order valence-electron chi connectivity index (χ4n) is 2.55. The molecule has 3 rings (SSSR count). The SMILES string of the molecule is CC(C)c1c(O)ccc2c1[nH]c1ccc(O)cc12. The van der Waals surface area contributed by atoms with E-state index in [0.29, 0.717) is 5.75 Å². The molecule has 3 nitrogen and oxygen atoms in total. The van der Waals surface area contributed by atoms with Gasteiger partial charge in [0.1, 0.15) is 11.5 Å². The molecule has 0 spiro atoms. The van der Waals surface area contributed by atoms with Gasteiger partial charge in [-0.1, -0.05) is 13.8 Å². The van der Waals surface area contributed by atoms with E-state index in [1.54, 1.807) is 18.2 Å². The molecule has 92 valence electrons. The Hall–Kier alpha value is -2.16. The molecule has 0 fully saturated rings. The van der Waals surface area contributed by atoms with Crippen LogP contribution < -0.4 is 0 Å². The number of H-pyrrole nitrogens is 1. The summed E-state index contributed by atoms with van der Waals surface area (Å²) in [5.41, 5.74) is 2.84. The molecule has 0 amide bonds. The highest BCUT2D eigenvalue weighted by atomic mass is 16.3. The first-order valence-electron chi connectivity index (χ1n) is 6.04. The average molecular weight is 241 g/mol. The summed E-state index contributed by atoms with van der Waals surface area (Å²) in [5, 5.41) is 21.6. The van der Waals surface area contributed by atoms with Crippen molar-refractivity contribution in [3.05, 3.63) is 35.9 Å². The number of phenolic OH excluding ortho intramolecular Hbond substituents is 2. The van der Waals surface area contributed by atoms with Gasteiger partial charge in [-0.3, -0.25) is 0 Å². The van der Waals surface area contributed by atoms with Crippen LogP contribution in [0.15, 0.2) is 30.3 Å². The van der Waals surface area contributed by atoms with E-state index in [1.807, 2.05) is 12.1 Å². The summed E-state index contributed by atoms with van der Waals surface area (Å²) in [6, 6.07) is 8.86. The number of nitrogens with one attached hydrogen (secondary N) is 1. The second-order valence-electron chi connectivity index (χ2n) is 4.93. The minimum Gasteiger partial charge on any atom is -0.508 e. The minimum atomic E-state index is 0.232. The van der Waals surface area contributed by atoms with Crippen LogP contribution in [0, 0.1) is 0 Å². The maximum atomic E-state index is 9.99. The molecule has 3 aromatic rings. The molecule has 0 saturated carbocycles. The summed E-state index contributed by atoms with van der Waals surface area (Å²) in [6.45, 7) is 4.11. The van der Waals surface area contributed by atoms with E-state index in [-0.39, 0.29) is 11.7 Å². The Bertz CT molecular complexity index is 741. The van der Waals surface area contributed by atoms with Crippen molar-refractivity contribution >= 4 is 21.8 Å². The third-order valence-electron chi connectivity index (χ3n) is 3.35. The van der Waals surface area contributed by atoms with E-state index in [2.05, 4.69) is 18.8 Å². The highest BCUT2D eigenvalue weighted by Crippen LogP contribution is 2.37. The normalized spacial score (nSPS) is 11.7. The Kier molecular flexibility index (Phi) is 2.23. The van der Waals surface area contributed by atoms with Crippen LogP contribution in [0.25, 0.3) is 21.8 Å². The van der Waals surface area contributed by atoms with Crippen molar-refractivity contribution in [1.82, 2.24) is 4.98 Å². The van der Waals surface area contributed by atoms with Crippen molar-refractivity contribution in [1.29, 1.82) is 0 Å². The number of rotatable bonds is 1. The van der Waals surface area contributed by atoms with E-state index in [0.717, 1.165) is 27.4 Å². The first-order valence-corrected chi connectivity index (χ1v) is 6.04. The molecular formula is C15H15NO2. The lowest BCUT2D eigenvalue weighted by Gasteiger charge is -2.09. The van der Waals surface area contributed by atoms with Gasteiger partial charge in [0.05, 0.1) is 5.52 Å². The third-order valence-corrected chi connectivity index (χ3v) is 3.35. The Morgan fingerprint density at radius 1 is 1.00 bits per heavy atom. The first kappa shape index (κ1) is 11.0. The average Bonchev–Trinajstić information content (AvgIpc) is 2.65. The molecular weight excluding hydrogens is 226 g/mol. The van der Waals surface area contributed by atoms with Crippen LogP contribution in [-0.2, 0) is 0 Å². The molecule has 0 aliphatic heterocycles. The summed E-state index contributed by atoms with van der Waals surface area (Å²) in [6.07, 6.45) is 0. The Morgan fingerprint density at radius 2 is 1.78 bits per heavy atom. The van der Waals surface area contributed by atoms with Gasteiger partial charge in [-0.05, 0) is 36.2 Å². The first-order chi connectivity index (χ1) is 8.58. The van der Waals surface area contributed by atoms with Gasteiger partial charge in [0, 0.05) is 21.9 Å². The van der Waals surface area contributed by atoms with Crippen LogP contribution in [0.4, 0.5) is 0 Å². The molecule has 0 radical (unpaired) electrons. The maximum absolute atomic E-state index is 9.99. The number of benzene rings is 2. The highest BCUT2D eigenvalue weighted by molar-refractivity contribution is 6.09. The Labute approximate surface area is 105 Å². The van der Waals surface area contributed by atoms with Crippen molar-refractivity contribution in [3.8, 4) is 11.5 Å². The van der Waals surface area contributed by atoms with Crippen LogP contribution in [-0.4, -0.2) is 15.2 Å². The standard InChI is InChI=1S/C15H15NO2/c1-8(2)14-13(18)6-4-10-11-7-9(17)3-5-12(11)16-15(10)14/h3-8,16-18H,1-2H3. The van der Waals surface area contributed by atoms with Crippen molar-refractivity contribution in [2.75, 3.05) is 0 Å². The molecule has 0 aliphatic carbocycles. The number of aromatic hydroxyl groups is 2. The lowest BCUT2D eigenvalue weighted by atomic mass is 9.99. The molecule has 0 atom stereocenters. The van der Waals surface area contributed by atoms with Gasteiger partial charge < -0.3 is 15.2 Å². The van der Waals surface area contributed by atoms with E-state index in [4.69, 9.17) is 0 Å². The molecule has 18 heavy (non-hydrogen) atoms. The minimum absolute atomic E-state index is 0.232. The highest BCUT2D eigenvalue weighted by Gasteiger charge is 2.14. The van der Waals surface area contributed by atoms with Gasteiger partial charge in [-0.25, -0.2) is 0 Å². The molecule has 3 N–H and O–H groups in total. The van der Waals surface area contributed by atoms with E-state index >= 15 is 0 Å². The van der Waals surface area contributed by atoms with Crippen molar-refractivity contribution in [2.45, 2.75) is 19.8 Å². The fraction of sp³-hybridized carbons (Fsp3) is 0.200. The number of aromatic amines is 1. The van der Waals surface area contributed by atoms with Crippen LogP contribution >= 0.6 is 0 Å². The number of hydrogen-bond acceptors (Lipinski definition) is 2. The molecule has 0 saturated heterocycles. The molecule has 1 heterocycles. The second-order valence-corrected chi connectivity index (χ2v) is 4.93. The molecule has 2 aromatic carbocycles. The number of phenols is 2. The predicted octanol–water partition coefficient (Wildman–Crippen LogP) is 3.86. The van der Waals surface area contributed by atoms with Crippen molar-refractivity contribution in [3.63, 3.8) is 0 Å². The van der Waals surface area contributed by atoms with Gasteiger partial charge in [-0.15, -0.1) is 0 Å². The zero-order valence-corrected chi connectivity index (χ0v) is 10.4. The van der Waals surface area contributed by atoms with Crippen LogP contribution in [0.1, 0.15) is 25.3 Å². The van der Waals surface area contributed by atoms with Crippen molar-refractivity contribution in [2.24, 2.45) is 0 Å². The quantitative estimate of drug-likeness (QED) is 0.606.